The monoisotopic (exact) mass is 441 g/mol. The molecule has 1 aliphatic rings. The van der Waals surface area contributed by atoms with Gasteiger partial charge in [0.15, 0.2) is 11.6 Å². The molecule has 1 atom stereocenters. The van der Waals surface area contributed by atoms with Gasteiger partial charge in [-0.3, -0.25) is 0 Å². The molecule has 0 saturated carbocycles. The summed E-state index contributed by atoms with van der Waals surface area (Å²) in [5.41, 5.74) is 4.41. The van der Waals surface area contributed by atoms with Crippen LogP contribution >= 0.6 is 0 Å². The van der Waals surface area contributed by atoms with Crippen LogP contribution in [-0.2, 0) is 5.41 Å². The minimum Gasteiger partial charge on any atom is -0.456 e. The second kappa shape index (κ2) is 7.92. The van der Waals surface area contributed by atoms with Crippen LogP contribution in [0.25, 0.3) is 38.9 Å². The molecular formula is C30H23N3O. The molecule has 4 nitrogen and oxygen atoms in total. The molecule has 0 aliphatic heterocycles. The Kier molecular flexibility index (Phi) is 4.73. The molecule has 0 spiro atoms. The number of benzene rings is 3. The largest absolute Gasteiger partial charge is 0.456 e. The van der Waals surface area contributed by atoms with Gasteiger partial charge in [-0.05, 0) is 19.9 Å². The second-order valence-electron chi connectivity index (χ2n) is 8.78. The third kappa shape index (κ3) is 3.44. The predicted molar refractivity (Wildman–Crippen MR) is 137 cm³/mol. The Hall–Kier alpha value is -4.31. The normalized spacial score (nSPS) is 17.8. The third-order valence-electron chi connectivity index (χ3n) is 6.31. The number of para-hydroxylation sites is 2. The Morgan fingerprint density at radius 3 is 2.38 bits per heavy atom. The number of nitrogens with zero attached hydrogens (tertiary/aromatic N) is 3. The first-order chi connectivity index (χ1) is 16.6. The van der Waals surface area contributed by atoms with Crippen LogP contribution in [0, 0.1) is 6.92 Å². The lowest BCUT2D eigenvalue weighted by Crippen LogP contribution is -2.16. The molecule has 0 bridgehead atoms. The van der Waals surface area contributed by atoms with E-state index in [1.807, 2.05) is 61.5 Å². The van der Waals surface area contributed by atoms with Gasteiger partial charge in [0, 0.05) is 32.9 Å². The first kappa shape index (κ1) is 20.3. The highest BCUT2D eigenvalue weighted by Crippen LogP contribution is 2.40. The number of furan rings is 1. The Morgan fingerprint density at radius 2 is 1.50 bits per heavy atom. The summed E-state index contributed by atoms with van der Waals surface area (Å²) in [6, 6.07) is 24.6. The van der Waals surface area contributed by atoms with Crippen LogP contribution in [0.2, 0.25) is 0 Å². The molecular weight excluding hydrogens is 418 g/mol. The van der Waals surface area contributed by atoms with Crippen LogP contribution in [-0.4, -0.2) is 15.0 Å². The summed E-state index contributed by atoms with van der Waals surface area (Å²) in [7, 11) is 0. The second-order valence-corrected chi connectivity index (χ2v) is 8.78. The molecule has 5 aromatic rings. The molecule has 0 N–H and O–H groups in total. The van der Waals surface area contributed by atoms with Crippen LogP contribution in [0.5, 0.6) is 0 Å². The lowest BCUT2D eigenvalue weighted by molar-refractivity contribution is 0.646. The molecule has 6 rings (SSSR count). The first-order valence-corrected chi connectivity index (χ1v) is 11.4. The topological polar surface area (TPSA) is 51.8 Å². The highest BCUT2D eigenvalue weighted by Gasteiger charge is 2.28. The number of allylic oxidation sites excluding steroid dienone is 6. The van der Waals surface area contributed by atoms with Gasteiger partial charge in [0.1, 0.15) is 17.0 Å². The van der Waals surface area contributed by atoms with Gasteiger partial charge in [-0.15, -0.1) is 0 Å². The zero-order valence-electron chi connectivity index (χ0n) is 19.1. The van der Waals surface area contributed by atoms with E-state index in [-0.39, 0.29) is 0 Å². The molecule has 34 heavy (non-hydrogen) atoms. The van der Waals surface area contributed by atoms with Crippen LogP contribution in [0.3, 0.4) is 0 Å². The Bertz CT molecular complexity index is 1630. The zero-order chi connectivity index (χ0) is 23.1. The number of aromatic nitrogens is 3. The van der Waals surface area contributed by atoms with Crippen LogP contribution < -0.4 is 0 Å². The van der Waals surface area contributed by atoms with E-state index in [2.05, 4.69) is 65.5 Å². The minimum atomic E-state index is -0.417. The number of rotatable bonds is 3. The van der Waals surface area contributed by atoms with Gasteiger partial charge in [0.05, 0.1) is 0 Å². The van der Waals surface area contributed by atoms with Crippen molar-refractivity contribution in [2.24, 2.45) is 0 Å². The van der Waals surface area contributed by atoms with E-state index in [0.29, 0.717) is 17.5 Å². The van der Waals surface area contributed by atoms with Crippen LogP contribution in [0.1, 0.15) is 24.1 Å². The summed E-state index contributed by atoms with van der Waals surface area (Å²) in [4.78, 5) is 14.1. The van der Waals surface area contributed by atoms with E-state index < -0.39 is 5.41 Å². The standard InChI is InChI=1S/C30H23N3O/c1-20-31-28(21-11-4-3-5-12-21)33-29(32-20)22-13-8-9-18-30(2,19-22)25-16-10-15-24-23-14-6-7-17-26(23)34-27(24)25/h3-19H,1-2H3. The number of aryl methyl sites for hydroxylation is 1. The maximum atomic E-state index is 6.36. The van der Waals surface area contributed by atoms with Gasteiger partial charge < -0.3 is 4.42 Å². The molecule has 164 valence electrons. The SMILES string of the molecule is Cc1nc(C2=CC(C)(c3cccc4c3oc3ccccc34)C=CC=C2)nc(-c2ccccc2)n1. The summed E-state index contributed by atoms with van der Waals surface area (Å²) in [6.45, 7) is 4.11. The van der Waals surface area contributed by atoms with E-state index in [1.165, 1.54) is 0 Å². The van der Waals surface area contributed by atoms with Gasteiger partial charge in [-0.2, -0.15) is 0 Å². The fraction of sp³-hybridized carbons (Fsp3) is 0.100. The van der Waals surface area contributed by atoms with Crippen molar-refractivity contribution >= 4 is 27.5 Å². The van der Waals surface area contributed by atoms with E-state index >= 15 is 0 Å². The van der Waals surface area contributed by atoms with Gasteiger partial charge in [-0.25, -0.2) is 15.0 Å². The van der Waals surface area contributed by atoms with E-state index in [4.69, 9.17) is 9.40 Å². The van der Waals surface area contributed by atoms with Gasteiger partial charge in [0.25, 0.3) is 0 Å². The summed E-state index contributed by atoms with van der Waals surface area (Å²) in [5.74, 6) is 2.03. The van der Waals surface area contributed by atoms with Crippen molar-refractivity contribution in [1.82, 2.24) is 15.0 Å². The highest BCUT2D eigenvalue weighted by atomic mass is 16.3. The molecule has 0 fully saturated rings. The average molecular weight is 442 g/mol. The van der Waals surface area contributed by atoms with Crippen LogP contribution in [0.4, 0.5) is 0 Å². The molecule has 2 aromatic heterocycles. The van der Waals surface area contributed by atoms with Gasteiger partial charge >= 0.3 is 0 Å². The van der Waals surface area contributed by atoms with E-state index in [1.54, 1.807) is 0 Å². The smallest absolute Gasteiger partial charge is 0.163 e. The van der Waals surface area contributed by atoms with E-state index in [0.717, 1.165) is 38.6 Å². The van der Waals surface area contributed by atoms with Crippen molar-refractivity contribution in [1.29, 1.82) is 0 Å². The summed E-state index contributed by atoms with van der Waals surface area (Å²) < 4.78 is 6.36. The van der Waals surface area contributed by atoms with Crippen LogP contribution in [0.15, 0.2) is 108 Å². The molecule has 1 aliphatic carbocycles. The predicted octanol–water partition coefficient (Wildman–Crippen LogP) is 7.21. The number of fused-ring (bicyclic) bond motifs is 3. The first-order valence-electron chi connectivity index (χ1n) is 11.4. The van der Waals surface area contributed by atoms with Crippen molar-refractivity contribution in [3.05, 3.63) is 120 Å². The Morgan fingerprint density at radius 1 is 0.735 bits per heavy atom. The molecule has 0 radical (unpaired) electrons. The lowest BCUT2D eigenvalue weighted by Gasteiger charge is -2.23. The molecule has 2 heterocycles. The van der Waals surface area contributed by atoms with E-state index in [9.17, 15) is 0 Å². The van der Waals surface area contributed by atoms with Crippen molar-refractivity contribution in [2.45, 2.75) is 19.3 Å². The van der Waals surface area contributed by atoms with Crippen molar-refractivity contribution in [3.8, 4) is 11.4 Å². The zero-order valence-corrected chi connectivity index (χ0v) is 19.1. The summed E-state index contributed by atoms with van der Waals surface area (Å²) >= 11 is 0. The lowest BCUT2D eigenvalue weighted by atomic mass is 9.80. The fourth-order valence-electron chi connectivity index (χ4n) is 4.64. The van der Waals surface area contributed by atoms with Gasteiger partial charge in [-0.1, -0.05) is 97.1 Å². The average Bonchev–Trinajstić information content (AvgIpc) is 3.12. The Balaban J connectivity index is 1.52. The molecule has 0 amide bonds. The van der Waals surface area contributed by atoms with Gasteiger partial charge in [0.2, 0.25) is 0 Å². The molecule has 1 unspecified atom stereocenters. The maximum absolute atomic E-state index is 6.36. The quantitative estimate of drug-likeness (QED) is 0.297. The number of hydrogen-bond donors (Lipinski definition) is 0. The summed E-state index contributed by atoms with van der Waals surface area (Å²) in [5, 5.41) is 2.25. The highest BCUT2D eigenvalue weighted by molar-refractivity contribution is 6.06. The fourth-order valence-corrected chi connectivity index (χ4v) is 4.64. The van der Waals surface area contributed by atoms with Crippen molar-refractivity contribution in [3.63, 3.8) is 0 Å². The minimum absolute atomic E-state index is 0.417. The molecule has 3 aromatic carbocycles. The summed E-state index contributed by atoms with van der Waals surface area (Å²) in [6.07, 6.45) is 10.6. The molecule has 0 saturated heterocycles. The maximum Gasteiger partial charge on any atom is 0.163 e. The number of hydrogen-bond acceptors (Lipinski definition) is 4. The Labute approximate surface area is 198 Å². The van der Waals surface area contributed by atoms with Crippen molar-refractivity contribution in [2.75, 3.05) is 0 Å². The molecule has 4 heteroatoms. The van der Waals surface area contributed by atoms with Crippen molar-refractivity contribution < 1.29 is 4.42 Å². The third-order valence-corrected chi connectivity index (χ3v) is 6.31.